The van der Waals surface area contributed by atoms with E-state index in [4.69, 9.17) is 9.40 Å². The molecule has 44 heavy (non-hydrogen) atoms. The highest BCUT2D eigenvalue weighted by atomic mass is 35.5. The standard InChI is InChI=1S/C30H25N7O4.3ClH/c1-2-35-27(21-6-8-24(9-7-21)34-14-13-31-19-34)18-33-30(35)26(17-23-5-3-4-12-32-23)36(20-38)29-16-22-15-25(37(39)40)10-11-28(22)41-29;;;/h3-16,18-20,26H,2,17H2,1H3;3*1H/t26-;;;/m0.../s1. The van der Waals surface area contributed by atoms with Crippen molar-refractivity contribution in [2.45, 2.75) is 25.9 Å². The fourth-order valence-electron chi connectivity index (χ4n) is 5.00. The second-order valence-electron chi connectivity index (χ2n) is 9.38. The summed E-state index contributed by atoms with van der Waals surface area (Å²) in [5.41, 5.74) is 4.01. The van der Waals surface area contributed by atoms with Gasteiger partial charge in [0.2, 0.25) is 12.3 Å². The van der Waals surface area contributed by atoms with Crippen molar-refractivity contribution in [3.8, 4) is 16.9 Å². The van der Waals surface area contributed by atoms with Crippen molar-refractivity contribution in [2.75, 3.05) is 4.90 Å². The second-order valence-corrected chi connectivity index (χ2v) is 9.38. The van der Waals surface area contributed by atoms with Gasteiger partial charge in [0.1, 0.15) is 17.4 Å². The van der Waals surface area contributed by atoms with E-state index in [0.29, 0.717) is 36.2 Å². The zero-order valence-electron chi connectivity index (χ0n) is 23.3. The Balaban J connectivity index is 0.00000176. The molecule has 11 nitrogen and oxygen atoms in total. The summed E-state index contributed by atoms with van der Waals surface area (Å²) in [7, 11) is 0. The summed E-state index contributed by atoms with van der Waals surface area (Å²) in [6.07, 6.45) is 9.95. The van der Waals surface area contributed by atoms with Crippen LogP contribution in [0.5, 0.6) is 0 Å². The molecule has 0 N–H and O–H groups in total. The summed E-state index contributed by atoms with van der Waals surface area (Å²) in [6.45, 7) is 2.63. The third-order valence-corrected chi connectivity index (χ3v) is 7.00. The van der Waals surface area contributed by atoms with Crippen LogP contribution in [0.2, 0.25) is 0 Å². The summed E-state index contributed by atoms with van der Waals surface area (Å²) >= 11 is 0. The quantitative estimate of drug-likeness (QED) is 0.0882. The van der Waals surface area contributed by atoms with Gasteiger partial charge in [0.25, 0.3) is 5.69 Å². The van der Waals surface area contributed by atoms with Crippen LogP contribution in [0.15, 0.2) is 102 Å². The van der Waals surface area contributed by atoms with E-state index in [0.717, 1.165) is 22.6 Å². The summed E-state index contributed by atoms with van der Waals surface area (Å²) in [4.78, 5) is 38.4. The van der Waals surface area contributed by atoms with Crippen molar-refractivity contribution in [3.63, 3.8) is 0 Å². The summed E-state index contributed by atoms with van der Waals surface area (Å²) < 4.78 is 10.0. The molecule has 0 radical (unpaired) electrons. The van der Waals surface area contributed by atoms with Crippen LogP contribution in [0.25, 0.3) is 27.9 Å². The Morgan fingerprint density at radius 3 is 2.45 bits per heavy atom. The fraction of sp³-hybridized carbons (Fsp3) is 0.133. The van der Waals surface area contributed by atoms with E-state index in [1.54, 1.807) is 24.8 Å². The zero-order valence-corrected chi connectivity index (χ0v) is 25.7. The molecule has 2 aromatic carbocycles. The molecule has 6 aromatic rings. The molecule has 0 fully saturated rings. The number of benzene rings is 2. The van der Waals surface area contributed by atoms with Crippen LogP contribution < -0.4 is 4.90 Å². The lowest BCUT2D eigenvalue weighted by Gasteiger charge is -2.26. The minimum Gasteiger partial charge on any atom is -0.440 e. The van der Waals surface area contributed by atoms with Crippen molar-refractivity contribution in [1.29, 1.82) is 0 Å². The highest BCUT2D eigenvalue weighted by molar-refractivity contribution is 5.87. The molecule has 4 aromatic heterocycles. The lowest BCUT2D eigenvalue weighted by molar-refractivity contribution is -0.384. The third-order valence-electron chi connectivity index (χ3n) is 7.00. The van der Waals surface area contributed by atoms with E-state index >= 15 is 0 Å². The predicted molar refractivity (Wildman–Crippen MR) is 174 cm³/mol. The Morgan fingerprint density at radius 2 is 1.82 bits per heavy atom. The maximum atomic E-state index is 12.7. The Bertz CT molecular complexity index is 1830. The molecule has 1 amide bonds. The number of hydrogen-bond donors (Lipinski definition) is 0. The van der Waals surface area contributed by atoms with Gasteiger partial charge in [0, 0.05) is 66.5 Å². The molecule has 14 heteroatoms. The van der Waals surface area contributed by atoms with Gasteiger partial charge in [-0.25, -0.2) is 9.97 Å². The average Bonchev–Trinajstić information content (AvgIpc) is 3.77. The summed E-state index contributed by atoms with van der Waals surface area (Å²) in [5.74, 6) is 0.915. The van der Waals surface area contributed by atoms with Gasteiger partial charge in [-0.2, -0.15) is 0 Å². The van der Waals surface area contributed by atoms with Crippen molar-refractivity contribution < 1.29 is 14.1 Å². The average molecular weight is 657 g/mol. The molecule has 0 spiro atoms. The van der Waals surface area contributed by atoms with E-state index in [9.17, 15) is 14.9 Å². The number of imidazole rings is 2. The van der Waals surface area contributed by atoms with Gasteiger partial charge in [0.15, 0.2) is 0 Å². The predicted octanol–water partition coefficient (Wildman–Crippen LogP) is 7.02. The first kappa shape index (κ1) is 33.8. The van der Waals surface area contributed by atoms with Crippen LogP contribution >= 0.6 is 37.2 Å². The molecule has 0 bridgehead atoms. The van der Waals surface area contributed by atoms with E-state index in [-0.39, 0.29) is 48.8 Å². The van der Waals surface area contributed by atoms with Crippen molar-refractivity contribution in [1.82, 2.24) is 24.1 Å². The highest BCUT2D eigenvalue weighted by Crippen LogP contribution is 2.35. The first-order valence-electron chi connectivity index (χ1n) is 13.0. The van der Waals surface area contributed by atoms with E-state index < -0.39 is 11.0 Å². The monoisotopic (exact) mass is 655 g/mol. The number of nitro groups is 1. The van der Waals surface area contributed by atoms with Crippen molar-refractivity contribution >= 4 is 66.2 Å². The Morgan fingerprint density at radius 1 is 1.02 bits per heavy atom. The molecule has 4 heterocycles. The molecule has 0 saturated carbocycles. The van der Waals surface area contributed by atoms with E-state index in [2.05, 4.69) is 14.5 Å². The smallest absolute Gasteiger partial charge is 0.270 e. The van der Waals surface area contributed by atoms with Crippen LogP contribution in [0.4, 0.5) is 11.6 Å². The number of rotatable bonds is 10. The van der Waals surface area contributed by atoms with Crippen LogP contribution in [0.3, 0.4) is 0 Å². The number of halogens is 3. The molecule has 0 unspecified atom stereocenters. The Labute approximate surface area is 270 Å². The molecular formula is C30H28Cl3N7O4. The number of carbonyl (C=O) groups excluding carboxylic acids is 1. The first-order valence-corrected chi connectivity index (χ1v) is 13.0. The lowest BCUT2D eigenvalue weighted by atomic mass is 10.1. The van der Waals surface area contributed by atoms with Crippen LogP contribution in [0.1, 0.15) is 24.5 Å². The fourth-order valence-corrected chi connectivity index (χ4v) is 5.00. The van der Waals surface area contributed by atoms with Gasteiger partial charge in [-0.3, -0.25) is 24.8 Å². The number of anilines is 1. The number of amides is 1. The highest BCUT2D eigenvalue weighted by Gasteiger charge is 2.29. The first-order chi connectivity index (χ1) is 20.1. The molecule has 228 valence electrons. The maximum Gasteiger partial charge on any atom is 0.270 e. The largest absolute Gasteiger partial charge is 0.440 e. The molecular weight excluding hydrogens is 629 g/mol. The van der Waals surface area contributed by atoms with Crippen LogP contribution in [-0.2, 0) is 17.8 Å². The van der Waals surface area contributed by atoms with Crippen LogP contribution in [-0.4, -0.2) is 35.4 Å². The molecule has 0 aliphatic heterocycles. The van der Waals surface area contributed by atoms with Crippen molar-refractivity contribution in [2.24, 2.45) is 0 Å². The minimum absolute atomic E-state index is 0. The topological polar surface area (TPSA) is 125 Å². The molecule has 6 rings (SSSR count). The SMILES string of the molecule is CCn1c(-c2ccc(-n3ccnc3)cc2)cnc1[C@H](Cc1ccccn1)N(C=O)c1cc2cc([N+](=O)[O-])ccc2o1.Cl.Cl.Cl. The number of non-ortho nitro benzene ring substituents is 1. The van der Waals surface area contributed by atoms with E-state index in [1.807, 2.05) is 66.3 Å². The Kier molecular flexibility index (Phi) is 11.2. The van der Waals surface area contributed by atoms with Gasteiger partial charge in [-0.05, 0) is 42.8 Å². The number of carbonyl (C=O) groups is 1. The number of hydrogen-bond acceptors (Lipinski definition) is 7. The number of fused-ring (bicyclic) bond motifs is 1. The number of furan rings is 1. The minimum atomic E-state index is -0.572. The summed E-state index contributed by atoms with van der Waals surface area (Å²) in [5, 5.41) is 11.8. The zero-order chi connectivity index (χ0) is 28.3. The molecule has 0 saturated heterocycles. The number of pyridine rings is 1. The summed E-state index contributed by atoms with van der Waals surface area (Å²) in [6, 6.07) is 19.1. The normalized spacial score (nSPS) is 11.1. The van der Waals surface area contributed by atoms with Crippen LogP contribution in [0, 0.1) is 10.1 Å². The van der Waals surface area contributed by atoms with Gasteiger partial charge < -0.3 is 13.6 Å². The van der Waals surface area contributed by atoms with Gasteiger partial charge in [0.05, 0.1) is 23.1 Å². The van der Waals surface area contributed by atoms with Gasteiger partial charge in [-0.15, -0.1) is 37.2 Å². The number of aromatic nitrogens is 5. The van der Waals surface area contributed by atoms with Crippen molar-refractivity contribution in [3.05, 3.63) is 119 Å². The number of nitro benzene ring substituents is 1. The van der Waals surface area contributed by atoms with Gasteiger partial charge in [-0.1, -0.05) is 18.2 Å². The van der Waals surface area contributed by atoms with E-state index in [1.165, 1.54) is 23.1 Å². The van der Waals surface area contributed by atoms with Gasteiger partial charge >= 0.3 is 0 Å². The molecule has 0 aliphatic carbocycles. The second kappa shape index (κ2) is 14.6. The number of nitrogens with zero attached hydrogens (tertiary/aromatic N) is 7. The lowest BCUT2D eigenvalue weighted by Crippen LogP contribution is -2.31. The Hall–Kier alpha value is -4.71. The molecule has 0 aliphatic rings. The third kappa shape index (κ3) is 6.60. The maximum absolute atomic E-state index is 12.7. The molecule has 1 atom stereocenters.